The number of nitrogens with zero attached hydrogens (tertiary/aromatic N) is 1. The van der Waals surface area contributed by atoms with Gasteiger partial charge in [0.25, 0.3) is 0 Å². The van der Waals surface area contributed by atoms with Crippen molar-refractivity contribution in [3.8, 4) is 11.3 Å². The Bertz CT molecular complexity index is 852. The van der Waals surface area contributed by atoms with Crippen LogP contribution in [0.3, 0.4) is 0 Å². The van der Waals surface area contributed by atoms with E-state index in [1.54, 1.807) is 6.21 Å². The maximum absolute atomic E-state index is 6.06. The number of furan rings is 1. The van der Waals surface area contributed by atoms with E-state index < -0.39 is 0 Å². The molecular weight excluding hydrogens is 308 g/mol. The molecule has 1 N–H and O–H groups in total. The fraction of sp³-hybridized carbons (Fsp3) is 0.105. The lowest BCUT2D eigenvalue weighted by Crippen LogP contribution is -1.91. The first-order chi connectivity index (χ1) is 11.1. The van der Waals surface area contributed by atoms with Crippen LogP contribution in [0.1, 0.15) is 16.9 Å². The van der Waals surface area contributed by atoms with Crippen LogP contribution in [0, 0.1) is 13.8 Å². The van der Waals surface area contributed by atoms with Gasteiger partial charge in [0.15, 0.2) is 0 Å². The van der Waals surface area contributed by atoms with Gasteiger partial charge in [0.2, 0.25) is 0 Å². The fourth-order valence-corrected chi connectivity index (χ4v) is 2.46. The summed E-state index contributed by atoms with van der Waals surface area (Å²) in [6.07, 6.45) is 1.66. The first-order valence-corrected chi connectivity index (χ1v) is 7.72. The number of nitrogens with one attached hydrogen (secondary N) is 1. The highest BCUT2D eigenvalue weighted by atomic mass is 35.5. The Morgan fingerprint density at radius 2 is 1.83 bits per heavy atom. The number of hydrogen-bond donors (Lipinski definition) is 1. The molecule has 0 bridgehead atoms. The predicted octanol–water partition coefficient (Wildman–Crippen LogP) is 5.66. The second-order valence-corrected chi connectivity index (χ2v) is 5.78. The maximum atomic E-state index is 6.06. The van der Waals surface area contributed by atoms with Gasteiger partial charge in [0.05, 0.1) is 11.9 Å². The number of para-hydroxylation sites is 1. The van der Waals surface area contributed by atoms with Crippen molar-refractivity contribution in [1.29, 1.82) is 0 Å². The Morgan fingerprint density at radius 1 is 1.00 bits per heavy atom. The molecule has 3 rings (SSSR count). The van der Waals surface area contributed by atoms with E-state index in [-0.39, 0.29) is 0 Å². The molecule has 0 aliphatic heterocycles. The lowest BCUT2D eigenvalue weighted by atomic mass is 10.1. The average molecular weight is 325 g/mol. The predicted molar refractivity (Wildman–Crippen MR) is 96.3 cm³/mol. The van der Waals surface area contributed by atoms with E-state index in [4.69, 9.17) is 16.0 Å². The van der Waals surface area contributed by atoms with Crippen molar-refractivity contribution >= 4 is 23.5 Å². The lowest BCUT2D eigenvalue weighted by Gasteiger charge is -2.03. The van der Waals surface area contributed by atoms with Crippen LogP contribution in [0.5, 0.6) is 0 Å². The van der Waals surface area contributed by atoms with Crippen LogP contribution in [0.2, 0.25) is 5.02 Å². The molecule has 3 nitrogen and oxygen atoms in total. The zero-order chi connectivity index (χ0) is 16.2. The third-order valence-corrected chi connectivity index (χ3v) is 3.85. The van der Waals surface area contributed by atoms with E-state index in [0.29, 0.717) is 10.8 Å². The third-order valence-electron chi connectivity index (χ3n) is 3.61. The van der Waals surface area contributed by atoms with Crippen molar-refractivity contribution in [2.45, 2.75) is 13.8 Å². The minimum absolute atomic E-state index is 0.681. The van der Waals surface area contributed by atoms with Crippen molar-refractivity contribution in [1.82, 2.24) is 0 Å². The standard InChI is InChI=1S/C19H17ClN2O/c1-13-7-8-15(20)11-17(13)19-10-9-16(23-19)12-21-22-18-6-4-3-5-14(18)2/h3-12,22H,1-2H3/b21-12+. The molecule has 1 aromatic heterocycles. The second-order valence-electron chi connectivity index (χ2n) is 5.35. The van der Waals surface area contributed by atoms with Crippen LogP contribution >= 0.6 is 11.6 Å². The van der Waals surface area contributed by atoms with E-state index in [1.165, 1.54) is 0 Å². The summed E-state index contributed by atoms with van der Waals surface area (Å²) in [4.78, 5) is 0. The average Bonchev–Trinajstić information content (AvgIpc) is 3.00. The molecule has 1 heterocycles. The Balaban J connectivity index is 1.76. The highest BCUT2D eigenvalue weighted by Crippen LogP contribution is 2.27. The van der Waals surface area contributed by atoms with Crippen LogP contribution in [-0.2, 0) is 0 Å². The van der Waals surface area contributed by atoms with Crippen LogP contribution in [0.15, 0.2) is 64.1 Å². The highest BCUT2D eigenvalue weighted by molar-refractivity contribution is 6.30. The molecule has 0 spiro atoms. The Kier molecular flexibility index (Phi) is 4.49. The summed E-state index contributed by atoms with van der Waals surface area (Å²) in [5, 5.41) is 4.92. The summed E-state index contributed by atoms with van der Waals surface area (Å²) in [5.74, 6) is 1.46. The van der Waals surface area contributed by atoms with Crippen molar-refractivity contribution in [2.24, 2.45) is 5.10 Å². The minimum Gasteiger partial charge on any atom is -0.455 e. The molecule has 0 fully saturated rings. The summed E-state index contributed by atoms with van der Waals surface area (Å²) < 4.78 is 5.83. The topological polar surface area (TPSA) is 37.5 Å². The second kappa shape index (κ2) is 6.71. The van der Waals surface area contributed by atoms with Gasteiger partial charge in [-0.05, 0) is 55.3 Å². The monoisotopic (exact) mass is 324 g/mol. The van der Waals surface area contributed by atoms with Crippen LogP contribution in [-0.4, -0.2) is 6.21 Å². The summed E-state index contributed by atoms with van der Waals surface area (Å²) in [5.41, 5.74) is 7.24. The molecule has 0 saturated carbocycles. The minimum atomic E-state index is 0.681. The number of rotatable bonds is 4. The summed E-state index contributed by atoms with van der Waals surface area (Å²) >= 11 is 6.06. The number of halogens is 1. The van der Waals surface area contributed by atoms with Gasteiger partial charge >= 0.3 is 0 Å². The van der Waals surface area contributed by atoms with Gasteiger partial charge < -0.3 is 4.42 Å². The zero-order valence-electron chi connectivity index (χ0n) is 13.0. The largest absolute Gasteiger partial charge is 0.455 e. The molecule has 0 atom stereocenters. The van der Waals surface area contributed by atoms with Crippen LogP contribution in [0.25, 0.3) is 11.3 Å². The fourth-order valence-electron chi connectivity index (χ4n) is 2.29. The Labute approximate surface area is 140 Å². The molecule has 0 unspecified atom stereocenters. The van der Waals surface area contributed by atoms with E-state index in [1.807, 2.05) is 68.4 Å². The van der Waals surface area contributed by atoms with Crippen LogP contribution < -0.4 is 5.43 Å². The third kappa shape index (κ3) is 3.63. The summed E-state index contributed by atoms with van der Waals surface area (Å²) in [6, 6.07) is 17.6. The van der Waals surface area contributed by atoms with Gasteiger partial charge in [-0.25, -0.2) is 0 Å². The highest BCUT2D eigenvalue weighted by Gasteiger charge is 2.07. The molecule has 3 aromatic rings. The van der Waals surface area contributed by atoms with Crippen molar-refractivity contribution in [3.63, 3.8) is 0 Å². The molecule has 0 amide bonds. The van der Waals surface area contributed by atoms with Gasteiger partial charge in [-0.15, -0.1) is 0 Å². The van der Waals surface area contributed by atoms with E-state index in [9.17, 15) is 0 Å². The molecule has 116 valence electrons. The Morgan fingerprint density at radius 3 is 2.65 bits per heavy atom. The first-order valence-electron chi connectivity index (χ1n) is 7.34. The molecule has 23 heavy (non-hydrogen) atoms. The van der Waals surface area contributed by atoms with Gasteiger partial charge in [0.1, 0.15) is 11.5 Å². The number of hydrogen-bond acceptors (Lipinski definition) is 3. The van der Waals surface area contributed by atoms with Crippen molar-refractivity contribution in [3.05, 3.63) is 76.5 Å². The van der Waals surface area contributed by atoms with Gasteiger partial charge in [-0.3, -0.25) is 5.43 Å². The van der Waals surface area contributed by atoms with Gasteiger partial charge in [-0.1, -0.05) is 35.9 Å². The lowest BCUT2D eigenvalue weighted by molar-refractivity contribution is 0.574. The van der Waals surface area contributed by atoms with Gasteiger partial charge in [-0.2, -0.15) is 5.10 Å². The SMILES string of the molecule is Cc1ccccc1N/N=C/c1ccc(-c2cc(Cl)ccc2C)o1. The summed E-state index contributed by atoms with van der Waals surface area (Å²) in [6.45, 7) is 4.06. The van der Waals surface area contributed by atoms with E-state index in [0.717, 1.165) is 28.1 Å². The Hall–Kier alpha value is -2.52. The van der Waals surface area contributed by atoms with E-state index >= 15 is 0 Å². The smallest absolute Gasteiger partial charge is 0.147 e. The molecule has 0 aliphatic carbocycles. The number of hydrazone groups is 1. The van der Waals surface area contributed by atoms with Crippen LogP contribution in [0.4, 0.5) is 5.69 Å². The van der Waals surface area contributed by atoms with Crippen molar-refractivity contribution < 1.29 is 4.42 Å². The van der Waals surface area contributed by atoms with Crippen molar-refractivity contribution in [2.75, 3.05) is 5.43 Å². The van der Waals surface area contributed by atoms with Gasteiger partial charge in [0, 0.05) is 10.6 Å². The number of aryl methyl sites for hydroxylation is 2. The quantitative estimate of drug-likeness (QED) is 0.496. The first kappa shape index (κ1) is 15.4. The molecular formula is C19H17ClN2O. The normalized spacial score (nSPS) is 11.1. The maximum Gasteiger partial charge on any atom is 0.147 e. The summed E-state index contributed by atoms with van der Waals surface area (Å²) in [7, 11) is 0. The molecule has 0 aliphatic rings. The molecule has 0 radical (unpaired) electrons. The zero-order valence-corrected chi connectivity index (χ0v) is 13.8. The molecule has 2 aromatic carbocycles. The molecule has 0 saturated heterocycles. The number of benzene rings is 2. The molecule has 4 heteroatoms. The number of anilines is 1. The van der Waals surface area contributed by atoms with E-state index in [2.05, 4.69) is 10.5 Å².